The van der Waals surface area contributed by atoms with E-state index in [0.717, 1.165) is 51.4 Å². The molecule has 4 rings (SSSR count). The van der Waals surface area contributed by atoms with E-state index in [1.165, 1.54) is 24.1 Å². The molecule has 6 nitrogen and oxygen atoms in total. The highest BCUT2D eigenvalue weighted by molar-refractivity contribution is 6.31. The number of halogens is 4. The van der Waals surface area contributed by atoms with E-state index in [1.54, 1.807) is 4.90 Å². The van der Waals surface area contributed by atoms with Crippen molar-refractivity contribution in [3.8, 4) is 0 Å². The quantitative estimate of drug-likeness (QED) is 0.479. The zero-order valence-electron chi connectivity index (χ0n) is 20.2. The molecule has 2 N–H and O–H groups in total. The van der Waals surface area contributed by atoms with Gasteiger partial charge in [-0.05, 0) is 62.8 Å². The highest BCUT2D eigenvalue weighted by atomic mass is 35.5. The molecule has 3 aliphatic rings. The van der Waals surface area contributed by atoms with Crippen molar-refractivity contribution < 1.29 is 27.9 Å². The second-order valence-electron chi connectivity index (χ2n) is 10.4. The van der Waals surface area contributed by atoms with E-state index in [0.29, 0.717) is 6.54 Å². The summed E-state index contributed by atoms with van der Waals surface area (Å²) in [5.74, 6) is -1.42. The second kappa shape index (κ2) is 11.1. The summed E-state index contributed by atoms with van der Waals surface area (Å²) in [7, 11) is 0. The first kappa shape index (κ1) is 26.9. The molecule has 0 radical (unpaired) electrons. The highest BCUT2D eigenvalue weighted by Crippen LogP contribution is 2.39. The molecule has 2 heterocycles. The molecule has 10 heteroatoms. The van der Waals surface area contributed by atoms with Gasteiger partial charge < -0.3 is 10.4 Å². The van der Waals surface area contributed by atoms with Crippen LogP contribution in [0.5, 0.6) is 0 Å². The minimum atomic E-state index is -4.56. The van der Waals surface area contributed by atoms with Crippen LogP contribution in [-0.4, -0.2) is 65.5 Å². The first-order chi connectivity index (χ1) is 17.1. The maximum Gasteiger partial charge on any atom is 0.416 e. The van der Waals surface area contributed by atoms with Gasteiger partial charge in [0, 0.05) is 43.8 Å². The number of nitrogens with one attached hydrogen (secondary N) is 1. The molecule has 36 heavy (non-hydrogen) atoms. The molecule has 1 atom stereocenters. The van der Waals surface area contributed by atoms with Crippen LogP contribution in [-0.2, 0) is 22.3 Å². The number of carboxylic acids is 1. The summed E-state index contributed by atoms with van der Waals surface area (Å²) in [6.45, 7) is 3.00. The number of amides is 1. The Bertz CT molecular complexity index is 1010. The summed E-state index contributed by atoms with van der Waals surface area (Å²) in [5, 5.41) is 12.6. The number of hydrogen-bond acceptors (Lipinski definition) is 4. The molecule has 0 spiro atoms. The second-order valence-corrected chi connectivity index (χ2v) is 10.8. The van der Waals surface area contributed by atoms with Crippen molar-refractivity contribution in [1.29, 1.82) is 0 Å². The molecular weight excluding hydrogens is 495 g/mol. The maximum atomic E-state index is 13.5. The lowest BCUT2D eigenvalue weighted by molar-refractivity contribution is -0.145. The third-order valence-corrected chi connectivity index (χ3v) is 8.05. The van der Waals surface area contributed by atoms with Crippen LogP contribution >= 0.6 is 11.6 Å². The van der Waals surface area contributed by atoms with Gasteiger partial charge in [0.05, 0.1) is 17.4 Å². The molecule has 2 fully saturated rings. The first-order valence-electron chi connectivity index (χ1n) is 12.6. The number of rotatable bonds is 8. The van der Waals surface area contributed by atoms with Crippen molar-refractivity contribution >= 4 is 23.5 Å². The van der Waals surface area contributed by atoms with E-state index in [4.69, 9.17) is 11.6 Å². The van der Waals surface area contributed by atoms with Crippen LogP contribution in [0.4, 0.5) is 13.2 Å². The lowest BCUT2D eigenvalue weighted by atomic mass is 9.82. The number of carbonyl (C=O) groups is 2. The Morgan fingerprint density at radius 1 is 1.14 bits per heavy atom. The molecule has 1 aromatic rings. The Hall–Kier alpha value is -2.10. The van der Waals surface area contributed by atoms with Crippen molar-refractivity contribution in [2.45, 2.75) is 63.7 Å². The molecule has 1 aromatic carbocycles. The lowest BCUT2D eigenvalue weighted by Gasteiger charge is -2.35. The minimum Gasteiger partial charge on any atom is -0.481 e. The van der Waals surface area contributed by atoms with Gasteiger partial charge in [-0.1, -0.05) is 29.3 Å². The molecule has 2 aliphatic heterocycles. The summed E-state index contributed by atoms with van der Waals surface area (Å²) < 4.78 is 40.6. The Morgan fingerprint density at radius 2 is 1.89 bits per heavy atom. The summed E-state index contributed by atoms with van der Waals surface area (Å²) in [5.41, 5.74) is -0.563. The molecule has 0 aromatic heterocycles. The zero-order valence-corrected chi connectivity index (χ0v) is 21.0. The fourth-order valence-corrected chi connectivity index (χ4v) is 5.98. The van der Waals surface area contributed by atoms with Crippen molar-refractivity contribution in [1.82, 2.24) is 15.1 Å². The van der Waals surface area contributed by atoms with Gasteiger partial charge in [-0.2, -0.15) is 13.2 Å². The Balaban J connectivity index is 1.39. The molecule has 0 saturated carbocycles. The summed E-state index contributed by atoms with van der Waals surface area (Å²) in [4.78, 5) is 29.2. The number of likely N-dealkylation sites (tertiary alicyclic amines) is 2. The average Bonchev–Trinajstić information content (AvgIpc) is 3.46. The topological polar surface area (TPSA) is 72.9 Å². The molecule has 2 saturated heterocycles. The summed E-state index contributed by atoms with van der Waals surface area (Å²) in [6.07, 6.45) is 2.77. The third-order valence-electron chi connectivity index (χ3n) is 7.69. The molecular formula is C26H33ClF3N3O3. The number of carbonyl (C=O) groups excluding carboxylic acids is 1. The largest absolute Gasteiger partial charge is 0.481 e. The van der Waals surface area contributed by atoms with Gasteiger partial charge in [0.25, 0.3) is 0 Å². The minimum absolute atomic E-state index is 0.00476. The fourth-order valence-electron chi connectivity index (χ4n) is 5.74. The molecule has 1 aliphatic carbocycles. The lowest BCUT2D eigenvalue weighted by Crippen LogP contribution is -2.51. The van der Waals surface area contributed by atoms with Crippen LogP contribution in [0, 0.1) is 5.41 Å². The number of carboxylic acid groups (broad SMARTS) is 1. The number of nitrogens with zero attached hydrogens (tertiary/aromatic N) is 2. The van der Waals surface area contributed by atoms with Crippen LogP contribution in [0.15, 0.2) is 29.8 Å². The standard InChI is InChI=1S/C26H33ClF3N3O3/c27-22-7-3-6-21(26(28,29)30)20(22)16-33-13-10-25(17-33,14-23(34)35)24(36)31-19-8-11-32(12-9-19)15-18-4-1-2-5-18/h3-4,6-7,19H,1-2,5,8-17H2,(H,31,36)(H,34,35)/t25-/m1/s1. The molecule has 198 valence electrons. The van der Waals surface area contributed by atoms with Gasteiger partial charge in [0.2, 0.25) is 5.91 Å². The van der Waals surface area contributed by atoms with E-state index in [9.17, 15) is 27.9 Å². The summed E-state index contributed by atoms with van der Waals surface area (Å²) >= 11 is 6.12. The first-order valence-corrected chi connectivity index (χ1v) is 12.9. The van der Waals surface area contributed by atoms with E-state index in [2.05, 4.69) is 16.3 Å². The number of benzene rings is 1. The molecule has 1 amide bonds. The van der Waals surface area contributed by atoms with Crippen molar-refractivity contribution in [2.24, 2.45) is 5.41 Å². The highest BCUT2D eigenvalue weighted by Gasteiger charge is 2.47. The van der Waals surface area contributed by atoms with Crippen molar-refractivity contribution in [2.75, 3.05) is 32.7 Å². The maximum absolute atomic E-state index is 13.5. The van der Waals surface area contributed by atoms with Crippen molar-refractivity contribution in [3.05, 3.63) is 46.0 Å². The Morgan fingerprint density at radius 3 is 2.53 bits per heavy atom. The number of alkyl halides is 3. The van der Waals surface area contributed by atoms with Gasteiger partial charge in [-0.25, -0.2) is 0 Å². The molecule has 0 bridgehead atoms. The summed E-state index contributed by atoms with van der Waals surface area (Å²) in [6, 6.07) is 3.63. The normalized spacial score (nSPS) is 24.2. The van der Waals surface area contributed by atoms with Crippen LogP contribution in [0.25, 0.3) is 0 Å². The number of aliphatic carboxylic acids is 1. The van der Waals surface area contributed by atoms with Gasteiger partial charge in [0.15, 0.2) is 0 Å². The van der Waals surface area contributed by atoms with Crippen molar-refractivity contribution in [3.63, 3.8) is 0 Å². The van der Waals surface area contributed by atoms with Gasteiger partial charge in [0.1, 0.15) is 0 Å². The van der Waals surface area contributed by atoms with Gasteiger partial charge in [-0.3, -0.25) is 19.4 Å². The fraction of sp³-hybridized carbons (Fsp3) is 0.615. The zero-order chi connectivity index (χ0) is 25.9. The SMILES string of the molecule is O=C(O)C[C@]1(C(=O)NC2CCN(CC3=CCCC3)CC2)CCN(Cc2c(Cl)cccc2C(F)(F)F)C1. The predicted molar refractivity (Wildman–Crippen MR) is 131 cm³/mol. The Kier molecular flexibility index (Phi) is 8.32. The van der Waals surface area contributed by atoms with Gasteiger partial charge in [-0.15, -0.1) is 0 Å². The van der Waals surface area contributed by atoms with Crippen LogP contribution in [0.2, 0.25) is 5.02 Å². The number of allylic oxidation sites excluding steroid dienone is 1. The van der Waals surface area contributed by atoms with Gasteiger partial charge >= 0.3 is 12.1 Å². The molecule has 0 unspecified atom stereocenters. The van der Waals surface area contributed by atoms with Crippen LogP contribution in [0.1, 0.15) is 56.1 Å². The number of hydrogen-bond donors (Lipinski definition) is 2. The van der Waals surface area contributed by atoms with E-state index >= 15 is 0 Å². The van der Waals surface area contributed by atoms with Crippen LogP contribution < -0.4 is 5.32 Å². The smallest absolute Gasteiger partial charge is 0.416 e. The van der Waals surface area contributed by atoms with Crippen LogP contribution in [0.3, 0.4) is 0 Å². The number of piperidine rings is 1. The predicted octanol–water partition coefficient (Wildman–Crippen LogP) is 4.72. The average molecular weight is 528 g/mol. The Labute approximate surface area is 214 Å². The van der Waals surface area contributed by atoms with E-state index < -0.39 is 23.1 Å². The van der Waals surface area contributed by atoms with E-state index in [1.807, 2.05) is 0 Å². The third kappa shape index (κ3) is 6.42. The monoisotopic (exact) mass is 527 g/mol. The van der Waals surface area contributed by atoms with E-state index in [-0.39, 0.29) is 48.5 Å².